The Morgan fingerprint density at radius 1 is 0.301 bits per heavy atom. The molecule has 1 aliphatic heterocycles. The molecule has 0 unspecified atom stereocenters. The molecule has 0 aromatic heterocycles. The van der Waals surface area contributed by atoms with Crippen molar-refractivity contribution in [2.45, 2.75) is 43.9 Å². The SMILES string of the molecule is CC1(C)c2ccccc2-c2ccc(N(c3ccc4c(c3)C(C)(C)c3cc(-c5cccc6ccccc56)ccc3-4)c3ccc4c(c3)C3(c5ccccc5-4)c4ccccc4N(c4ccccc4)c4ccccc43)cc21. The van der Waals surface area contributed by atoms with Gasteiger partial charge in [0.15, 0.2) is 0 Å². The van der Waals surface area contributed by atoms with Crippen molar-refractivity contribution in [3.8, 4) is 44.5 Å². The Hall–Kier alpha value is -8.72. The molecule has 2 heteroatoms. The molecule has 2 nitrogen and oxygen atoms in total. The van der Waals surface area contributed by atoms with Gasteiger partial charge in [-0.3, -0.25) is 0 Å². The van der Waals surface area contributed by atoms with E-state index in [0.717, 1.165) is 22.7 Å². The predicted molar refractivity (Wildman–Crippen MR) is 305 cm³/mol. The van der Waals surface area contributed by atoms with Crippen molar-refractivity contribution in [3.05, 3.63) is 287 Å². The largest absolute Gasteiger partial charge is 0.310 e. The van der Waals surface area contributed by atoms with Gasteiger partial charge < -0.3 is 9.80 Å². The predicted octanol–water partition coefficient (Wildman–Crippen LogP) is 18.7. The number of hydrogen-bond acceptors (Lipinski definition) is 2. The highest BCUT2D eigenvalue weighted by Gasteiger charge is 2.52. The summed E-state index contributed by atoms with van der Waals surface area (Å²) in [6, 6.07) is 91.6. The average molecular weight is 933 g/mol. The molecule has 0 amide bonds. The van der Waals surface area contributed by atoms with Gasteiger partial charge in [0.1, 0.15) is 0 Å². The van der Waals surface area contributed by atoms with Crippen LogP contribution in [-0.2, 0) is 16.2 Å². The van der Waals surface area contributed by atoms with Crippen LogP contribution in [0.4, 0.5) is 34.1 Å². The van der Waals surface area contributed by atoms with Gasteiger partial charge in [-0.15, -0.1) is 0 Å². The Labute approximate surface area is 428 Å². The fourth-order valence-corrected chi connectivity index (χ4v) is 13.9. The Morgan fingerprint density at radius 2 is 0.726 bits per heavy atom. The molecule has 4 aliphatic rings. The van der Waals surface area contributed by atoms with Crippen molar-refractivity contribution in [1.82, 2.24) is 0 Å². The van der Waals surface area contributed by atoms with Crippen LogP contribution >= 0.6 is 0 Å². The maximum Gasteiger partial charge on any atom is 0.0755 e. The first-order chi connectivity index (χ1) is 35.7. The molecule has 11 aromatic carbocycles. The molecule has 3 aliphatic carbocycles. The minimum Gasteiger partial charge on any atom is -0.310 e. The average Bonchev–Trinajstić information content (AvgIpc) is 3.95. The maximum atomic E-state index is 2.55. The van der Waals surface area contributed by atoms with Crippen LogP contribution in [0.15, 0.2) is 243 Å². The highest BCUT2D eigenvalue weighted by atomic mass is 15.2. The number of para-hydroxylation sites is 3. The van der Waals surface area contributed by atoms with Gasteiger partial charge in [0.2, 0.25) is 0 Å². The van der Waals surface area contributed by atoms with Crippen LogP contribution in [-0.4, -0.2) is 0 Å². The highest BCUT2D eigenvalue weighted by molar-refractivity contribution is 6.00. The normalized spacial score (nSPS) is 15.2. The van der Waals surface area contributed by atoms with Gasteiger partial charge in [-0.05, 0) is 167 Å². The molecule has 73 heavy (non-hydrogen) atoms. The summed E-state index contributed by atoms with van der Waals surface area (Å²) in [5, 5.41) is 2.55. The molecular weight excluding hydrogens is 881 g/mol. The van der Waals surface area contributed by atoms with Crippen LogP contribution in [0, 0.1) is 0 Å². The Kier molecular flexibility index (Phi) is 8.72. The Bertz CT molecular complexity index is 4060. The van der Waals surface area contributed by atoms with E-state index in [0.29, 0.717) is 0 Å². The summed E-state index contributed by atoms with van der Waals surface area (Å²) in [5.74, 6) is 0. The number of benzene rings is 11. The van der Waals surface area contributed by atoms with Gasteiger partial charge >= 0.3 is 0 Å². The third-order valence-corrected chi connectivity index (χ3v) is 17.2. The lowest BCUT2D eigenvalue weighted by Crippen LogP contribution is -2.36. The second kappa shape index (κ2) is 15.2. The molecule has 1 spiro atoms. The molecule has 0 fully saturated rings. The van der Waals surface area contributed by atoms with E-state index in [4.69, 9.17) is 0 Å². The lowest BCUT2D eigenvalue weighted by Gasteiger charge is -2.45. The zero-order valence-electron chi connectivity index (χ0n) is 41.5. The molecule has 346 valence electrons. The van der Waals surface area contributed by atoms with Crippen molar-refractivity contribution < 1.29 is 0 Å². The van der Waals surface area contributed by atoms with Crippen molar-refractivity contribution in [3.63, 3.8) is 0 Å². The molecule has 0 atom stereocenters. The maximum absolute atomic E-state index is 2.55. The van der Waals surface area contributed by atoms with Gasteiger partial charge in [0, 0.05) is 33.6 Å². The van der Waals surface area contributed by atoms with E-state index < -0.39 is 5.41 Å². The Morgan fingerprint density at radius 3 is 1.37 bits per heavy atom. The fraction of sp³-hybridized carbons (Fsp3) is 0.0986. The van der Waals surface area contributed by atoms with E-state index in [-0.39, 0.29) is 10.8 Å². The van der Waals surface area contributed by atoms with Gasteiger partial charge in [0.05, 0.1) is 16.8 Å². The molecule has 11 aromatic rings. The van der Waals surface area contributed by atoms with Crippen LogP contribution < -0.4 is 9.80 Å². The zero-order chi connectivity index (χ0) is 48.8. The summed E-state index contributed by atoms with van der Waals surface area (Å²) >= 11 is 0. The molecule has 0 saturated heterocycles. The van der Waals surface area contributed by atoms with Crippen LogP contribution in [0.25, 0.3) is 55.3 Å². The van der Waals surface area contributed by atoms with E-state index in [1.165, 1.54) is 111 Å². The third kappa shape index (κ3) is 5.69. The van der Waals surface area contributed by atoms with Gasteiger partial charge in [-0.1, -0.05) is 204 Å². The summed E-state index contributed by atoms with van der Waals surface area (Å²) in [6.45, 7) is 9.61. The fourth-order valence-electron chi connectivity index (χ4n) is 13.9. The number of anilines is 6. The summed E-state index contributed by atoms with van der Waals surface area (Å²) in [7, 11) is 0. The molecule has 0 bridgehead atoms. The number of fused-ring (bicyclic) bond motifs is 16. The van der Waals surface area contributed by atoms with Gasteiger partial charge in [-0.25, -0.2) is 0 Å². The summed E-state index contributed by atoms with van der Waals surface area (Å²) in [6.07, 6.45) is 0. The van der Waals surface area contributed by atoms with E-state index >= 15 is 0 Å². The minimum atomic E-state index is -0.586. The summed E-state index contributed by atoms with van der Waals surface area (Å²) in [5.41, 5.74) is 26.9. The summed E-state index contributed by atoms with van der Waals surface area (Å²) < 4.78 is 0. The lowest BCUT2D eigenvalue weighted by atomic mass is 9.64. The first-order valence-corrected chi connectivity index (χ1v) is 25.8. The molecule has 0 radical (unpaired) electrons. The van der Waals surface area contributed by atoms with E-state index in [1.54, 1.807) is 0 Å². The van der Waals surface area contributed by atoms with Crippen LogP contribution in [0.2, 0.25) is 0 Å². The van der Waals surface area contributed by atoms with Gasteiger partial charge in [-0.2, -0.15) is 0 Å². The molecular formula is C71H52N2. The second-order valence-electron chi connectivity index (χ2n) is 21.6. The molecule has 1 heterocycles. The zero-order valence-corrected chi connectivity index (χ0v) is 41.5. The number of nitrogens with zero attached hydrogens (tertiary/aromatic N) is 2. The molecule has 0 saturated carbocycles. The highest BCUT2D eigenvalue weighted by Crippen LogP contribution is 2.64. The topological polar surface area (TPSA) is 6.48 Å². The quantitative estimate of drug-likeness (QED) is 0.170. The third-order valence-electron chi connectivity index (χ3n) is 17.2. The minimum absolute atomic E-state index is 0.166. The second-order valence-corrected chi connectivity index (χ2v) is 21.6. The van der Waals surface area contributed by atoms with E-state index in [9.17, 15) is 0 Å². The van der Waals surface area contributed by atoms with Crippen molar-refractivity contribution in [2.24, 2.45) is 0 Å². The number of rotatable bonds is 5. The molecule has 0 N–H and O–H groups in total. The molecule has 15 rings (SSSR count). The van der Waals surface area contributed by atoms with Gasteiger partial charge in [0.25, 0.3) is 0 Å². The van der Waals surface area contributed by atoms with Crippen LogP contribution in [0.1, 0.15) is 72.2 Å². The number of hydrogen-bond donors (Lipinski definition) is 0. The van der Waals surface area contributed by atoms with Crippen LogP contribution in [0.5, 0.6) is 0 Å². The lowest BCUT2D eigenvalue weighted by molar-refractivity contribution is 0.660. The van der Waals surface area contributed by atoms with E-state index in [1.807, 2.05) is 0 Å². The van der Waals surface area contributed by atoms with Crippen LogP contribution in [0.3, 0.4) is 0 Å². The van der Waals surface area contributed by atoms with Crippen molar-refractivity contribution in [2.75, 3.05) is 9.80 Å². The first kappa shape index (κ1) is 42.0. The van der Waals surface area contributed by atoms with E-state index in [2.05, 4.69) is 280 Å². The first-order valence-electron chi connectivity index (χ1n) is 25.8. The standard InChI is InChI=1S/C71H52N2/c1-69(2)59-27-12-10-24-53(59)56-38-34-48(42-64(56)69)72(49-35-39-57-55-37-33-46(41-63(55)70(3,4)65(57)43-49)52-26-18-20-45-19-8-9-23-51(45)52)50-36-40-58-54-25-11-13-28-60(54)71(66(58)44-50)61-29-14-16-31-67(61)73(47-21-6-5-7-22-47)68-32-17-15-30-62(68)71/h5-44H,1-4H3. The smallest absolute Gasteiger partial charge is 0.0755 e. The Balaban J connectivity index is 0.949. The van der Waals surface area contributed by atoms with Crippen molar-refractivity contribution in [1.29, 1.82) is 0 Å². The summed E-state index contributed by atoms with van der Waals surface area (Å²) in [4.78, 5) is 5.01. The monoisotopic (exact) mass is 932 g/mol. The van der Waals surface area contributed by atoms with Crippen molar-refractivity contribution >= 4 is 44.9 Å².